The Hall–Kier alpha value is -5.46. The van der Waals surface area contributed by atoms with Gasteiger partial charge in [-0.25, -0.2) is 24.0 Å². The van der Waals surface area contributed by atoms with E-state index in [9.17, 15) is 49.2 Å². The van der Waals surface area contributed by atoms with Crippen molar-refractivity contribution in [2.45, 2.75) is 5.60 Å². The zero-order valence-corrected chi connectivity index (χ0v) is 18.2. The number of hydrogen-bond donors (Lipinski definition) is 4. The largest absolute Gasteiger partial charge is 0.478 e. The summed E-state index contributed by atoms with van der Waals surface area (Å²) < 4.78 is 16.1. The van der Waals surface area contributed by atoms with Crippen LogP contribution in [0.15, 0.2) is 60.4 Å². The SMILES string of the molecule is O=C(O)c1ccc(OC2=CC=CC3(Oc4ccc(C(=O)O)c(C(=O)O)c4)C(=O)OC(=O)C23)cc1C(=O)O. The molecule has 0 bridgehead atoms. The number of carboxylic acids is 4. The first-order valence-corrected chi connectivity index (χ1v) is 10.2. The van der Waals surface area contributed by atoms with E-state index in [0.29, 0.717) is 0 Å². The first-order chi connectivity index (χ1) is 17.4. The molecule has 0 aromatic heterocycles. The second kappa shape index (κ2) is 8.96. The van der Waals surface area contributed by atoms with Crippen LogP contribution >= 0.6 is 0 Å². The van der Waals surface area contributed by atoms with E-state index < -0.39 is 69.6 Å². The van der Waals surface area contributed by atoms with E-state index in [-0.39, 0.29) is 17.3 Å². The molecular formula is C24H14O13. The molecular weight excluding hydrogens is 496 g/mol. The minimum atomic E-state index is -2.17. The molecule has 0 spiro atoms. The molecule has 37 heavy (non-hydrogen) atoms. The van der Waals surface area contributed by atoms with Gasteiger partial charge in [-0.05, 0) is 48.6 Å². The number of ether oxygens (including phenoxy) is 3. The summed E-state index contributed by atoms with van der Waals surface area (Å²) >= 11 is 0. The standard InChI is InChI=1S/C24H14O13/c25-18(26)12-5-3-10(8-14(12)20(29)30)35-16-2-1-7-24(17(16)22(33)36-23(24)34)37-11-4-6-13(19(27)28)15(9-11)21(31)32/h1-9,17H,(H,25,26)(H,27,28)(H,29,30)(H,31,32). The maximum atomic E-state index is 12.7. The molecule has 13 heteroatoms. The number of cyclic esters (lactones) is 2. The quantitative estimate of drug-likeness (QED) is 0.295. The average Bonchev–Trinajstić information content (AvgIpc) is 3.08. The third-order valence-corrected chi connectivity index (χ3v) is 5.49. The van der Waals surface area contributed by atoms with E-state index in [4.69, 9.17) is 14.2 Å². The van der Waals surface area contributed by atoms with Crippen LogP contribution in [0, 0.1) is 5.92 Å². The minimum Gasteiger partial charge on any atom is -0.478 e. The zero-order valence-electron chi connectivity index (χ0n) is 18.2. The van der Waals surface area contributed by atoms with Crippen LogP contribution in [0.2, 0.25) is 0 Å². The van der Waals surface area contributed by atoms with Crippen molar-refractivity contribution in [1.29, 1.82) is 0 Å². The molecule has 1 fully saturated rings. The number of carbonyl (C=O) groups excluding carboxylic acids is 2. The number of carboxylic acid groups (broad SMARTS) is 4. The predicted molar refractivity (Wildman–Crippen MR) is 117 cm³/mol. The molecule has 1 aliphatic carbocycles. The molecule has 2 unspecified atom stereocenters. The van der Waals surface area contributed by atoms with Crippen LogP contribution < -0.4 is 9.47 Å². The average molecular weight is 510 g/mol. The number of esters is 2. The third-order valence-electron chi connectivity index (χ3n) is 5.49. The van der Waals surface area contributed by atoms with E-state index >= 15 is 0 Å². The van der Waals surface area contributed by atoms with Crippen molar-refractivity contribution in [3.63, 3.8) is 0 Å². The van der Waals surface area contributed by atoms with Crippen LogP contribution in [0.5, 0.6) is 11.5 Å². The highest BCUT2D eigenvalue weighted by Crippen LogP contribution is 2.42. The van der Waals surface area contributed by atoms with Gasteiger partial charge in [0.2, 0.25) is 5.60 Å². The summed E-state index contributed by atoms with van der Waals surface area (Å²) in [6, 6.07) is 5.95. The minimum absolute atomic E-state index is 0.177. The molecule has 188 valence electrons. The lowest BCUT2D eigenvalue weighted by atomic mass is 9.84. The highest BCUT2D eigenvalue weighted by Gasteiger charge is 2.62. The Bertz CT molecular complexity index is 1460. The summed E-state index contributed by atoms with van der Waals surface area (Å²) in [7, 11) is 0. The fourth-order valence-electron chi connectivity index (χ4n) is 3.86. The zero-order chi connectivity index (χ0) is 27.1. The van der Waals surface area contributed by atoms with Gasteiger partial charge in [0.05, 0.1) is 22.3 Å². The van der Waals surface area contributed by atoms with Gasteiger partial charge in [-0.3, -0.25) is 4.79 Å². The Morgan fingerprint density at radius 3 is 1.81 bits per heavy atom. The fourth-order valence-corrected chi connectivity index (χ4v) is 3.86. The molecule has 1 saturated heterocycles. The molecule has 1 heterocycles. The van der Waals surface area contributed by atoms with E-state index in [1.807, 2.05) is 0 Å². The molecule has 0 radical (unpaired) electrons. The molecule has 2 atom stereocenters. The number of carbonyl (C=O) groups is 6. The highest BCUT2D eigenvalue weighted by atomic mass is 16.6. The molecule has 0 saturated carbocycles. The lowest BCUT2D eigenvalue weighted by Gasteiger charge is -2.31. The maximum Gasteiger partial charge on any atom is 0.363 e. The molecule has 13 nitrogen and oxygen atoms in total. The predicted octanol–water partition coefficient (Wildman–Crippen LogP) is 1.83. The van der Waals surface area contributed by atoms with E-state index in [1.54, 1.807) is 0 Å². The lowest BCUT2D eigenvalue weighted by molar-refractivity contribution is -0.156. The van der Waals surface area contributed by atoms with Crippen molar-refractivity contribution in [3.05, 3.63) is 82.6 Å². The van der Waals surface area contributed by atoms with Crippen LogP contribution in [0.3, 0.4) is 0 Å². The molecule has 0 amide bonds. The Kier molecular flexibility index (Phi) is 5.97. The first-order valence-electron chi connectivity index (χ1n) is 10.2. The number of rotatable bonds is 8. The molecule has 2 aromatic rings. The number of allylic oxidation sites excluding steroid dienone is 2. The topological polar surface area (TPSA) is 211 Å². The van der Waals surface area contributed by atoms with Crippen LogP contribution in [-0.2, 0) is 14.3 Å². The van der Waals surface area contributed by atoms with Gasteiger partial charge in [0, 0.05) is 0 Å². The Labute approximate surface area is 205 Å². The fraction of sp³-hybridized carbons (Fsp3) is 0.0833. The summed E-state index contributed by atoms with van der Waals surface area (Å²) in [4.78, 5) is 71.0. The molecule has 2 aromatic carbocycles. The number of fused-ring (bicyclic) bond motifs is 1. The molecule has 4 N–H and O–H groups in total. The Morgan fingerprint density at radius 2 is 1.27 bits per heavy atom. The van der Waals surface area contributed by atoms with Gasteiger partial charge < -0.3 is 34.6 Å². The number of aromatic carboxylic acids is 4. The van der Waals surface area contributed by atoms with Crippen molar-refractivity contribution >= 4 is 35.8 Å². The van der Waals surface area contributed by atoms with Gasteiger partial charge in [-0.2, -0.15) is 0 Å². The number of benzene rings is 2. The third kappa shape index (κ3) is 4.25. The number of hydrogen-bond acceptors (Lipinski definition) is 9. The van der Waals surface area contributed by atoms with Crippen molar-refractivity contribution in [1.82, 2.24) is 0 Å². The monoisotopic (exact) mass is 510 g/mol. The van der Waals surface area contributed by atoms with Gasteiger partial charge in [0.25, 0.3) is 0 Å². The van der Waals surface area contributed by atoms with Crippen molar-refractivity contribution in [2.75, 3.05) is 0 Å². The van der Waals surface area contributed by atoms with Crippen LogP contribution in [0.25, 0.3) is 0 Å². The van der Waals surface area contributed by atoms with Crippen molar-refractivity contribution in [3.8, 4) is 11.5 Å². The van der Waals surface area contributed by atoms with E-state index in [2.05, 4.69) is 0 Å². The van der Waals surface area contributed by atoms with Crippen LogP contribution in [0.1, 0.15) is 41.4 Å². The van der Waals surface area contributed by atoms with Gasteiger partial charge in [-0.15, -0.1) is 0 Å². The Morgan fingerprint density at radius 1 is 0.757 bits per heavy atom. The summed E-state index contributed by atoms with van der Waals surface area (Å²) in [5, 5.41) is 37.1. The van der Waals surface area contributed by atoms with Crippen LogP contribution in [0.4, 0.5) is 0 Å². The molecule has 1 aliphatic heterocycles. The van der Waals surface area contributed by atoms with Gasteiger partial charge in [0.15, 0.2) is 5.92 Å². The van der Waals surface area contributed by atoms with Crippen molar-refractivity contribution in [2.24, 2.45) is 5.92 Å². The van der Waals surface area contributed by atoms with Gasteiger partial charge in [0.1, 0.15) is 17.3 Å². The summed E-state index contributed by atoms with van der Waals surface area (Å²) in [5.74, 6) is -10.6. The summed E-state index contributed by atoms with van der Waals surface area (Å²) in [6.45, 7) is 0. The van der Waals surface area contributed by atoms with Crippen LogP contribution in [-0.4, -0.2) is 61.8 Å². The Balaban J connectivity index is 1.71. The smallest absolute Gasteiger partial charge is 0.363 e. The van der Waals surface area contributed by atoms with Gasteiger partial charge >= 0.3 is 35.8 Å². The second-order valence-electron chi connectivity index (χ2n) is 7.70. The summed E-state index contributed by atoms with van der Waals surface area (Å²) in [5.41, 5.74) is -4.45. The first kappa shape index (κ1) is 24.7. The second-order valence-corrected chi connectivity index (χ2v) is 7.70. The van der Waals surface area contributed by atoms with E-state index in [0.717, 1.165) is 36.4 Å². The normalized spacial score (nSPS) is 19.9. The summed E-state index contributed by atoms with van der Waals surface area (Å²) in [6.07, 6.45) is 3.71. The molecule has 4 rings (SSSR count). The van der Waals surface area contributed by atoms with E-state index in [1.165, 1.54) is 18.2 Å². The lowest BCUT2D eigenvalue weighted by Crippen LogP contribution is -2.48. The van der Waals surface area contributed by atoms with Crippen molar-refractivity contribution < 1.29 is 63.4 Å². The molecule has 2 aliphatic rings. The van der Waals surface area contributed by atoms with Gasteiger partial charge in [-0.1, -0.05) is 6.08 Å². The maximum absolute atomic E-state index is 12.7. The highest BCUT2D eigenvalue weighted by molar-refractivity contribution is 6.05.